The third-order valence-electron chi connectivity index (χ3n) is 5.07. The summed E-state index contributed by atoms with van der Waals surface area (Å²) in [5.41, 5.74) is 5.45. The van der Waals surface area contributed by atoms with Crippen molar-refractivity contribution >= 4 is 34.3 Å². The number of hydrogen-bond acceptors (Lipinski definition) is 5. The van der Waals surface area contributed by atoms with E-state index in [0.29, 0.717) is 17.7 Å². The summed E-state index contributed by atoms with van der Waals surface area (Å²) in [5, 5.41) is 14.1. The molecule has 0 bridgehead atoms. The number of nitrogens with zero attached hydrogens (tertiary/aromatic N) is 3. The molecule has 4 rings (SSSR count). The Hall–Kier alpha value is -2.91. The van der Waals surface area contributed by atoms with Crippen LogP contribution in [-0.4, -0.2) is 21.6 Å². The molecule has 1 aromatic carbocycles. The van der Waals surface area contributed by atoms with Crippen LogP contribution in [0.4, 0.5) is 5.69 Å². The van der Waals surface area contributed by atoms with E-state index in [1.165, 1.54) is 17.3 Å². The van der Waals surface area contributed by atoms with Gasteiger partial charge in [0.2, 0.25) is 5.91 Å². The average Bonchev–Trinajstić information content (AvgIpc) is 2.73. The molecule has 0 saturated heterocycles. The van der Waals surface area contributed by atoms with Gasteiger partial charge >= 0.3 is 0 Å². The predicted octanol–water partition coefficient (Wildman–Crippen LogP) is 4.81. The van der Waals surface area contributed by atoms with Gasteiger partial charge in [0.05, 0.1) is 16.8 Å². The first-order valence-corrected chi connectivity index (χ1v) is 10.8. The molecule has 3 aromatic rings. The summed E-state index contributed by atoms with van der Waals surface area (Å²) in [7, 11) is 0. The lowest BCUT2D eigenvalue weighted by Gasteiger charge is -2.16. The number of benzene rings is 1. The molecule has 0 spiro atoms. The molecule has 1 aliphatic rings. The molecule has 0 radical (unpaired) electrons. The largest absolute Gasteiger partial charge is 0.325 e. The quantitative estimate of drug-likeness (QED) is 0.620. The first-order valence-electron chi connectivity index (χ1n) is 9.86. The fourth-order valence-corrected chi connectivity index (χ4v) is 4.58. The SMILES string of the molecule is Cc1cc(NC(=O)CCSc2nc3c(cc2C#N)CCCC3)c2ccccc2n1. The molecular formula is C23H22N4OS. The van der Waals surface area contributed by atoms with Gasteiger partial charge in [0.15, 0.2) is 0 Å². The number of nitrogens with one attached hydrogen (secondary N) is 1. The molecular weight excluding hydrogens is 380 g/mol. The fourth-order valence-electron chi connectivity index (χ4n) is 3.67. The molecule has 0 unspecified atom stereocenters. The number of anilines is 1. The standard InChI is InChI=1S/C23H22N4OS/c1-15-12-21(18-7-3-5-9-20(18)25-15)26-22(28)10-11-29-23-17(14-24)13-16-6-2-4-8-19(16)27-23/h3,5,7,9,12-13H,2,4,6,8,10-11H2,1H3,(H,25,26,28). The van der Waals surface area contributed by atoms with Gasteiger partial charge < -0.3 is 5.32 Å². The number of thioether (sulfide) groups is 1. The Morgan fingerprint density at radius 1 is 1.21 bits per heavy atom. The first-order chi connectivity index (χ1) is 14.1. The van der Waals surface area contributed by atoms with Crippen molar-refractivity contribution in [3.63, 3.8) is 0 Å². The topological polar surface area (TPSA) is 78.7 Å². The van der Waals surface area contributed by atoms with Gasteiger partial charge in [0, 0.05) is 28.9 Å². The van der Waals surface area contributed by atoms with E-state index in [1.807, 2.05) is 43.3 Å². The Balaban J connectivity index is 1.42. The molecule has 6 heteroatoms. The van der Waals surface area contributed by atoms with Crippen LogP contribution in [-0.2, 0) is 17.6 Å². The second kappa shape index (κ2) is 8.62. The van der Waals surface area contributed by atoms with Crippen molar-refractivity contribution in [2.45, 2.75) is 44.1 Å². The van der Waals surface area contributed by atoms with Crippen LogP contribution in [0, 0.1) is 18.3 Å². The molecule has 1 amide bonds. The number of carbonyl (C=O) groups is 1. The summed E-state index contributed by atoms with van der Waals surface area (Å²) in [6.45, 7) is 1.92. The number of amides is 1. The highest BCUT2D eigenvalue weighted by atomic mass is 32.2. The number of aromatic nitrogens is 2. The van der Waals surface area contributed by atoms with E-state index < -0.39 is 0 Å². The van der Waals surface area contributed by atoms with E-state index in [4.69, 9.17) is 4.98 Å². The predicted molar refractivity (Wildman–Crippen MR) is 116 cm³/mol. The van der Waals surface area contributed by atoms with Crippen molar-refractivity contribution in [2.24, 2.45) is 0 Å². The van der Waals surface area contributed by atoms with Gasteiger partial charge in [-0.25, -0.2) is 4.98 Å². The van der Waals surface area contributed by atoms with Crippen molar-refractivity contribution in [3.05, 3.63) is 58.9 Å². The van der Waals surface area contributed by atoms with Crippen LogP contribution in [0.3, 0.4) is 0 Å². The van der Waals surface area contributed by atoms with Crippen molar-refractivity contribution in [3.8, 4) is 6.07 Å². The highest BCUT2D eigenvalue weighted by molar-refractivity contribution is 7.99. The number of hydrogen-bond donors (Lipinski definition) is 1. The summed E-state index contributed by atoms with van der Waals surface area (Å²) in [4.78, 5) is 21.7. The Labute approximate surface area is 174 Å². The average molecular weight is 403 g/mol. The van der Waals surface area contributed by atoms with Crippen LogP contribution in [0.25, 0.3) is 10.9 Å². The van der Waals surface area contributed by atoms with Crippen LogP contribution in [0.2, 0.25) is 0 Å². The van der Waals surface area contributed by atoms with Crippen molar-refractivity contribution in [1.82, 2.24) is 9.97 Å². The highest BCUT2D eigenvalue weighted by Gasteiger charge is 2.16. The monoisotopic (exact) mass is 402 g/mol. The maximum atomic E-state index is 12.5. The Morgan fingerprint density at radius 2 is 2.03 bits per heavy atom. The minimum atomic E-state index is -0.0512. The maximum Gasteiger partial charge on any atom is 0.225 e. The zero-order chi connectivity index (χ0) is 20.2. The molecule has 146 valence electrons. The molecule has 0 aliphatic heterocycles. The first kappa shape index (κ1) is 19.4. The Bertz CT molecular complexity index is 1120. The summed E-state index contributed by atoms with van der Waals surface area (Å²) >= 11 is 1.48. The van der Waals surface area contributed by atoms with Crippen LogP contribution in [0.15, 0.2) is 41.4 Å². The van der Waals surface area contributed by atoms with Gasteiger partial charge in [-0.15, -0.1) is 11.8 Å². The molecule has 29 heavy (non-hydrogen) atoms. The van der Waals surface area contributed by atoms with E-state index in [0.717, 1.165) is 58.7 Å². The molecule has 1 N–H and O–H groups in total. The van der Waals surface area contributed by atoms with Gasteiger partial charge in [-0.2, -0.15) is 5.26 Å². The van der Waals surface area contributed by atoms with Crippen LogP contribution in [0.1, 0.15) is 41.8 Å². The molecule has 2 heterocycles. The van der Waals surface area contributed by atoms with Gasteiger partial charge in [-0.05, 0) is 56.4 Å². The van der Waals surface area contributed by atoms with Crippen molar-refractivity contribution in [2.75, 3.05) is 11.1 Å². The number of para-hydroxylation sites is 1. The van der Waals surface area contributed by atoms with Crippen LogP contribution in [0.5, 0.6) is 0 Å². The highest BCUT2D eigenvalue weighted by Crippen LogP contribution is 2.28. The van der Waals surface area contributed by atoms with Gasteiger partial charge in [-0.1, -0.05) is 18.2 Å². The molecule has 2 aromatic heterocycles. The zero-order valence-corrected chi connectivity index (χ0v) is 17.2. The lowest BCUT2D eigenvalue weighted by Crippen LogP contribution is -2.13. The second-order valence-electron chi connectivity index (χ2n) is 7.24. The van der Waals surface area contributed by atoms with Crippen molar-refractivity contribution in [1.29, 1.82) is 5.26 Å². The Morgan fingerprint density at radius 3 is 2.90 bits per heavy atom. The Kier molecular flexibility index (Phi) is 5.77. The lowest BCUT2D eigenvalue weighted by molar-refractivity contribution is -0.115. The molecule has 0 fully saturated rings. The normalized spacial score (nSPS) is 13.0. The summed E-state index contributed by atoms with van der Waals surface area (Å²) in [5.74, 6) is 0.526. The fraction of sp³-hybridized carbons (Fsp3) is 0.304. The minimum absolute atomic E-state index is 0.0512. The summed E-state index contributed by atoms with van der Waals surface area (Å²) in [6, 6.07) is 13.9. The third kappa shape index (κ3) is 4.41. The molecule has 1 aliphatic carbocycles. The smallest absolute Gasteiger partial charge is 0.225 e. The van der Waals surface area contributed by atoms with E-state index in [1.54, 1.807) is 0 Å². The minimum Gasteiger partial charge on any atom is -0.325 e. The number of fused-ring (bicyclic) bond motifs is 2. The van der Waals surface area contributed by atoms with Crippen LogP contribution < -0.4 is 5.32 Å². The van der Waals surface area contributed by atoms with E-state index in [-0.39, 0.29) is 5.91 Å². The molecule has 0 saturated carbocycles. The number of rotatable bonds is 5. The molecule has 0 atom stereocenters. The summed E-state index contributed by atoms with van der Waals surface area (Å²) < 4.78 is 0. The van der Waals surface area contributed by atoms with E-state index in [9.17, 15) is 10.1 Å². The lowest BCUT2D eigenvalue weighted by atomic mass is 9.95. The van der Waals surface area contributed by atoms with Gasteiger partial charge in [-0.3, -0.25) is 9.78 Å². The maximum absolute atomic E-state index is 12.5. The number of carbonyl (C=O) groups excluding carboxylic acids is 1. The number of nitriles is 1. The van der Waals surface area contributed by atoms with E-state index >= 15 is 0 Å². The second-order valence-corrected chi connectivity index (χ2v) is 8.32. The number of pyridine rings is 2. The summed E-state index contributed by atoms with van der Waals surface area (Å²) in [6.07, 6.45) is 4.64. The van der Waals surface area contributed by atoms with Crippen molar-refractivity contribution < 1.29 is 4.79 Å². The van der Waals surface area contributed by atoms with Gasteiger partial charge in [0.1, 0.15) is 11.1 Å². The third-order valence-corrected chi connectivity index (χ3v) is 6.07. The number of aryl methyl sites for hydroxylation is 3. The van der Waals surface area contributed by atoms with Gasteiger partial charge in [0.25, 0.3) is 0 Å². The molecule has 5 nitrogen and oxygen atoms in total. The van der Waals surface area contributed by atoms with E-state index in [2.05, 4.69) is 16.4 Å². The van der Waals surface area contributed by atoms with Crippen LogP contribution >= 0.6 is 11.8 Å². The zero-order valence-electron chi connectivity index (χ0n) is 16.4.